The van der Waals surface area contributed by atoms with Crippen molar-refractivity contribution in [3.05, 3.63) is 64.7 Å². The molecule has 140 valence electrons. The number of fused-ring (bicyclic) bond motifs is 3. The van der Waals surface area contributed by atoms with Gasteiger partial charge in [0, 0.05) is 28.7 Å². The first-order valence-electron chi connectivity index (χ1n) is 9.14. The van der Waals surface area contributed by atoms with E-state index in [0.717, 1.165) is 45.8 Å². The van der Waals surface area contributed by atoms with Crippen LogP contribution in [0.5, 0.6) is 0 Å². The van der Waals surface area contributed by atoms with Crippen LogP contribution < -0.4 is 10.6 Å². The molecule has 0 amide bonds. The fourth-order valence-corrected chi connectivity index (χ4v) is 3.77. The lowest BCUT2D eigenvalue weighted by Gasteiger charge is -2.29. The lowest BCUT2D eigenvalue weighted by atomic mass is 9.94. The van der Waals surface area contributed by atoms with E-state index in [4.69, 9.17) is 17.3 Å². The minimum absolute atomic E-state index is 0.212. The zero-order valence-corrected chi connectivity index (χ0v) is 16.8. The van der Waals surface area contributed by atoms with Gasteiger partial charge >= 0.3 is 0 Å². The Kier molecular flexibility index (Phi) is 4.24. The summed E-state index contributed by atoms with van der Waals surface area (Å²) in [7, 11) is 0. The largest absolute Gasteiger partial charge is 0.339 e. The van der Waals surface area contributed by atoms with Crippen LogP contribution >= 0.6 is 11.6 Å². The molecule has 0 aliphatic carbocycles. The summed E-state index contributed by atoms with van der Waals surface area (Å²) in [5.41, 5.74) is 10.3. The Hall–Kier alpha value is -2.37. The number of anilines is 2. The molecular weight excluding hydrogens is 358 g/mol. The SMILES string of the molecule is Cc1nnc2n1-c1ccc(C(C)(C)N)cc1N(c1ccc(Cl)cc1)CC2C. The smallest absolute Gasteiger partial charge is 0.142 e. The van der Waals surface area contributed by atoms with Gasteiger partial charge in [-0.15, -0.1) is 10.2 Å². The van der Waals surface area contributed by atoms with Crippen molar-refractivity contribution >= 4 is 23.0 Å². The molecule has 0 bridgehead atoms. The number of halogens is 1. The monoisotopic (exact) mass is 381 g/mol. The molecule has 6 heteroatoms. The van der Waals surface area contributed by atoms with Crippen LogP contribution in [0.4, 0.5) is 11.4 Å². The Balaban J connectivity index is 1.97. The van der Waals surface area contributed by atoms with Gasteiger partial charge in [0.2, 0.25) is 0 Å². The Morgan fingerprint density at radius 2 is 1.78 bits per heavy atom. The normalized spacial score (nSPS) is 16.7. The van der Waals surface area contributed by atoms with Crippen LogP contribution in [0.1, 0.15) is 43.9 Å². The molecule has 3 aromatic rings. The summed E-state index contributed by atoms with van der Waals surface area (Å²) in [6, 6.07) is 14.4. The topological polar surface area (TPSA) is 60.0 Å². The second-order valence-corrected chi connectivity index (χ2v) is 8.29. The number of nitrogens with zero attached hydrogens (tertiary/aromatic N) is 4. The minimum atomic E-state index is -0.427. The van der Waals surface area contributed by atoms with Crippen LogP contribution in [0, 0.1) is 6.92 Å². The Labute approximate surface area is 164 Å². The molecule has 5 nitrogen and oxygen atoms in total. The van der Waals surface area contributed by atoms with Crippen molar-refractivity contribution in [2.45, 2.75) is 39.2 Å². The summed E-state index contributed by atoms with van der Waals surface area (Å²) in [5.74, 6) is 2.07. The molecule has 2 heterocycles. The first kappa shape index (κ1) is 18.0. The van der Waals surface area contributed by atoms with Crippen LogP contribution in [0.25, 0.3) is 5.69 Å². The molecule has 2 aromatic carbocycles. The lowest BCUT2D eigenvalue weighted by Crippen LogP contribution is -2.29. The van der Waals surface area contributed by atoms with Gasteiger partial charge < -0.3 is 10.6 Å². The van der Waals surface area contributed by atoms with Crippen molar-refractivity contribution < 1.29 is 0 Å². The number of aromatic nitrogens is 3. The van der Waals surface area contributed by atoms with Gasteiger partial charge in [-0.1, -0.05) is 24.6 Å². The quantitative estimate of drug-likeness (QED) is 0.700. The summed E-state index contributed by atoms with van der Waals surface area (Å²) >= 11 is 6.12. The van der Waals surface area contributed by atoms with Gasteiger partial charge in [-0.25, -0.2) is 0 Å². The molecule has 0 saturated carbocycles. The van der Waals surface area contributed by atoms with Gasteiger partial charge in [-0.05, 0) is 62.7 Å². The highest BCUT2D eigenvalue weighted by atomic mass is 35.5. The van der Waals surface area contributed by atoms with Gasteiger partial charge in [0.1, 0.15) is 11.6 Å². The Morgan fingerprint density at radius 3 is 2.44 bits per heavy atom. The van der Waals surface area contributed by atoms with Crippen LogP contribution in [-0.4, -0.2) is 21.3 Å². The predicted molar refractivity (Wildman–Crippen MR) is 110 cm³/mol. The zero-order chi connectivity index (χ0) is 19.3. The fourth-order valence-electron chi connectivity index (χ4n) is 3.64. The van der Waals surface area contributed by atoms with E-state index in [0.29, 0.717) is 0 Å². The highest BCUT2D eigenvalue weighted by molar-refractivity contribution is 6.30. The summed E-state index contributed by atoms with van der Waals surface area (Å²) in [4.78, 5) is 2.32. The van der Waals surface area contributed by atoms with E-state index in [2.05, 4.69) is 56.9 Å². The standard InChI is InChI=1S/C21H24ClN5/c1-13-12-26(17-8-6-16(22)7-9-17)19-11-15(21(3,4)23)5-10-18(19)27-14(2)24-25-20(13)27/h5-11,13H,12,23H2,1-4H3. The molecule has 27 heavy (non-hydrogen) atoms. The van der Waals surface area contributed by atoms with Crippen LogP contribution in [0.2, 0.25) is 5.02 Å². The second kappa shape index (κ2) is 6.36. The summed E-state index contributed by atoms with van der Waals surface area (Å²) in [5, 5.41) is 9.50. The van der Waals surface area contributed by atoms with Crippen molar-refractivity contribution in [2.24, 2.45) is 5.73 Å². The maximum atomic E-state index is 6.40. The number of hydrogen-bond donors (Lipinski definition) is 1. The molecule has 0 spiro atoms. The molecule has 4 rings (SSSR count). The Bertz CT molecular complexity index is 985. The minimum Gasteiger partial charge on any atom is -0.339 e. The van der Waals surface area contributed by atoms with E-state index in [9.17, 15) is 0 Å². The summed E-state index contributed by atoms with van der Waals surface area (Å²) in [6.45, 7) is 9.02. The third kappa shape index (κ3) is 3.11. The molecule has 0 saturated heterocycles. The first-order valence-corrected chi connectivity index (χ1v) is 9.52. The average Bonchev–Trinajstić information content (AvgIpc) is 2.95. The van der Waals surface area contributed by atoms with Crippen molar-refractivity contribution in [1.29, 1.82) is 0 Å². The molecule has 1 aliphatic rings. The molecule has 1 unspecified atom stereocenters. The molecular formula is C21H24ClN5. The van der Waals surface area contributed by atoms with E-state index in [-0.39, 0.29) is 5.92 Å². The molecule has 0 fully saturated rings. The van der Waals surface area contributed by atoms with Gasteiger partial charge in [-0.2, -0.15) is 0 Å². The van der Waals surface area contributed by atoms with E-state index in [1.165, 1.54) is 0 Å². The predicted octanol–water partition coefficient (Wildman–Crippen LogP) is 4.68. The number of rotatable bonds is 2. The third-order valence-electron chi connectivity index (χ3n) is 5.14. The van der Waals surface area contributed by atoms with E-state index in [1.807, 2.05) is 32.9 Å². The molecule has 1 aliphatic heterocycles. The highest BCUT2D eigenvalue weighted by Crippen LogP contribution is 2.40. The number of nitrogens with two attached hydrogens (primary N) is 1. The van der Waals surface area contributed by atoms with Gasteiger partial charge in [-0.3, -0.25) is 4.57 Å². The van der Waals surface area contributed by atoms with Crippen molar-refractivity contribution in [1.82, 2.24) is 14.8 Å². The van der Waals surface area contributed by atoms with E-state index < -0.39 is 5.54 Å². The number of hydrogen-bond acceptors (Lipinski definition) is 4. The molecule has 1 atom stereocenters. The fraction of sp³-hybridized carbons (Fsp3) is 0.333. The van der Waals surface area contributed by atoms with Crippen molar-refractivity contribution in [2.75, 3.05) is 11.4 Å². The molecule has 1 aromatic heterocycles. The highest BCUT2D eigenvalue weighted by Gasteiger charge is 2.29. The summed E-state index contributed by atoms with van der Waals surface area (Å²) in [6.07, 6.45) is 0. The van der Waals surface area contributed by atoms with E-state index >= 15 is 0 Å². The average molecular weight is 382 g/mol. The maximum Gasteiger partial charge on any atom is 0.142 e. The van der Waals surface area contributed by atoms with Crippen LogP contribution in [0.15, 0.2) is 42.5 Å². The number of benzene rings is 2. The van der Waals surface area contributed by atoms with Crippen molar-refractivity contribution in [3.63, 3.8) is 0 Å². The van der Waals surface area contributed by atoms with Crippen LogP contribution in [-0.2, 0) is 5.54 Å². The van der Waals surface area contributed by atoms with Crippen molar-refractivity contribution in [3.8, 4) is 5.69 Å². The van der Waals surface area contributed by atoms with Gasteiger partial charge in [0.15, 0.2) is 0 Å². The Morgan fingerprint density at radius 1 is 1.07 bits per heavy atom. The van der Waals surface area contributed by atoms with Gasteiger partial charge in [0.05, 0.1) is 11.4 Å². The first-order chi connectivity index (χ1) is 12.8. The third-order valence-corrected chi connectivity index (χ3v) is 5.39. The second-order valence-electron chi connectivity index (χ2n) is 7.85. The maximum absolute atomic E-state index is 6.40. The zero-order valence-electron chi connectivity index (χ0n) is 16.1. The van der Waals surface area contributed by atoms with Crippen LogP contribution in [0.3, 0.4) is 0 Å². The number of aryl methyl sites for hydroxylation is 1. The van der Waals surface area contributed by atoms with Gasteiger partial charge in [0.25, 0.3) is 0 Å². The molecule has 0 radical (unpaired) electrons. The lowest BCUT2D eigenvalue weighted by molar-refractivity contribution is 0.554. The molecule has 2 N–H and O–H groups in total. The van der Waals surface area contributed by atoms with E-state index in [1.54, 1.807) is 0 Å². The summed E-state index contributed by atoms with van der Waals surface area (Å²) < 4.78 is 2.16.